The summed E-state index contributed by atoms with van der Waals surface area (Å²) >= 11 is 9.60. The highest BCUT2D eigenvalue weighted by Crippen LogP contribution is 2.29. The molecule has 2 aromatic carbocycles. The number of hydrogen-bond acceptors (Lipinski definition) is 1. The predicted molar refractivity (Wildman–Crippen MR) is 90.5 cm³/mol. The fourth-order valence-corrected chi connectivity index (χ4v) is 2.68. The second-order valence-corrected chi connectivity index (χ2v) is 6.23. The lowest BCUT2D eigenvalue weighted by atomic mass is 9.98. The van der Waals surface area contributed by atoms with Crippen molar-refractivity contribution in [1.29, 1.82) is 0 Å². The Bertz CT molecular complexity index is 566. The van der Waals surface area contributed by atoms with Crippen LogP contribution < -0.4 is 5.32 Å². The van der Waals surface area contributed by atoms with Gasteiger partial charge in [0.1, 0.15) is 0 Å². The van der Waals surface area contributed by atoms with E-state index in [-0.39, 0.29) is 6.04 Å². The van der Waals surface area contributed by atoms with Gasteiger partial charge in [0.15, 0.2) is 0 Å². The molecule has 0 spiro atoms. The zero-order valence-electron chi connectivity index (χ0n) is 11.8. The molecule has 1 N–H and O–H groups in total. The van der Waals surface area contributed by atoms with Crippen molar-refractivity contribution in [2.45, 2.75) is 26.3 Å². The second kappa shape index (κ2) is 7.26. The molecular weight excluding hydrogens is 334 g/mol. The van der Waals surface area contributed by atoms with Gasteiger partial charge in [-0.2, -0.15) is 0 Å². The van der Waals surface area contributed by atoms with Crippen molar-refractivity contribution in [3.63, 3.8) is 0 Å². The number of rotatable bonds is 5. The Morgan fingerprint density at radius 1 is 1.10 bits per heavy atom. The third-order valence-electron chi connectivity index (χ3n) is 3.29. The van der Waals surface area contributed by atoms with Gasteiger partial charge in [0.05, 0.1) is 11.1 Å². The topological polar surface area (TPSA) is 12.0 Å². The monoisotopic (exact) mass is 351 g/mol. The van der Waals surface area contributed by atoms with Crippen molar-refractivity contribution in [2.75, 3.05) is 6.54 Å². The van der Waals surface area contributed by atoms with Gasteiger partial charge in [-0.1, -0.05) is 54.4 Å². The number of hydrogen-bond donors (Lipinski definition) is 1. The molecule has 0 radical (unpaired) electrons. The van der Waals surface area contributed by atoms with E-state index in [9.17, 15) is 0 Å². The Labute approximate surface area is 134 Å². The zero-order valence-corrected chi connectivity index (χ0v) is 14.1. The van der Waals surface area contributed by atoms with Crippen LogP contribution in [0.25, 0.3) is 0 Å². The molecule has 0 saturated carbocycles. The first kappa shape index (κ1) is 15.6. The SMILES string of the molecule is CCCNC(c1ccc(C)cc1)c1ccc(Cl)c(Br)c1. The lowest BCUT2D eigenvalue weighted by Crippen LogP contribution is -2.23. The number of benzene rings is 2. The van der Waals surface area contributed by atoms with Gasteiger partial charge in [-0.05, 0) is 59.1 Å². The molecule has 2 aromatic rings. The third kappa shape index (κ3) is 3.85. The molecule has 0 aliphatic carbocycles. The summed E-state index contributed by atoms with van der Waals surface area (Å²) in [4.78, 5) is 0. The van der Waals surface area contributed by atoms with Crippen molar-refractivity contribution >= 4 is 27.5 Å². The summed E-state index contributed by atoms with van der Waals surface area (Å²) in [6, 6.07) is 15.0. The molecule has 1 nitrogen and oxygen atoms in total. The highest BCUT2D eigenvalue weighted by Gasteiger charge is 2.14. The molecule has 0 fully saturated rings. The summed E-state index contributed by atoms with van der Waals surface area (Å²) in [6.07, 6.45) is 1.11. The van der Waals surface area contributed by atoms with Crippen LogP contribution in [0.15, 0.2) is 46.9 Å². The quantitative estimate of drug-likeness (QED) is 0.749. The van der Waals surface area contributed by atoms with Gasteiger partial charge in [-0.3, -0.25) is 0 Å². The van der Waals surface area contributed by atoms with E-state index in [2.05, 4.69) is 71.5 Å². The van der Waals surface area contributed by atoms with Gasteiger partial charge in [-0.25, -0.2) is 0 Å². The lowest BCUT2D eigenvalue weighted by molar-refractivity contribution is 0.598. The summed E-state index contributed by atoms with van der Waals surface area (Å²) in [6.45, 7) is 5.27. The fourth-order valence-electron chi connectivity index (χ4n) is 2.17. The standard InChI is InChI=1S/C17H19BrClN/c1-3-10-20-17(13-6-4-12(2)5-7-13)14-8-9-16(19)15(18)11-14/h4-9,11,17,20H,3,10H2,1-2H3. The summed E-state index contributed by atoms with van der Waals surface area (Å²) in [5.74, 6) is 0. The van der Waals surface area contributed by atoms with E-state index in [1.165, 1.54) is 16.7 Å². The number of aryl methyl sites for hydroxylation is 1. The molecule has 106 valence electrons. The van der Waals surface area contributed by atoms with E-state index in [1.54, 1.807) is 0 Å². The van der Waals surface area contributed by atoms with Crippen LogP contribution in [0, 0.1) is 6.92 Å². The third-order valence-corrected chi connectivity index (χ3v) is 4.50. The average molecular weight is 353 g/mol. The maximum absolute atomic E-state index is 6.09. The van der Waals surface area contributed by atoms with E-state index < -0.39 is 0 Å². The van der Waals surface area contributed by atoms with Crippen molar-refractivity contribution in [3.8, 4) is 0 Å². The van der Waals surface area contributed by atoms with E-state index >= 15 is 0 Å². The van der Waals surface area contributed by atoms with Crippen molar-refractivity contribution in [1.82, 2.24) is 5.32 Å². The summed E-state index contributed by atoms with van der Waals surface area (Å²) in [5.41, 5.74) is 3.78. The molecule has 0 heterocycles. The Morgan fingerprint density at radius 2 is 1.75 bits per heavy atom. The van der Waals surface area contributed by atoms with E-state index in [0.29, 0.717) is 0 Å². The second-order valence-electron chi connectivity index (χ2n) is 4.97. The fraction of sp³-hybridized carbons (Fsp3) is 0.294. The minimum atomic E-state index is 0.198. The van der Waals surface area contributed by atoms with Crippen LogP contribution in [0.3, 0.4) is 0 Å². The van der Waals surface area contributed by atoms with E-state index in [1.807, 2.05) is 6.07 Å². The first-order valence-corrected chi connectivity index (χ1v) is 8.04. The van der Waals surface area contributed by atoms with Crippen molar-refractivity contribution in [3.05, 3.63) is 68.7 Å². The molecule has 2 rings (SSSR count). The van der Waals surface area contributed by atoms with Crippen LogP contribution in [-0.2, 0) is 0 Å². The summed E-state index contributed by atoms with van der Waals surface area (Å²) < 4.78 is 0.937. The van der Waals surface area contributed by atoms with Crippen LogP contribution in [0.1, 0.15) is 36.1 Å². The first-order valence-electron chi connectivity index (χ1n) is 6.86. The molecule has 1 atom stereocenters. The van der Waals surface area contributed by atoms with Gasteiger partial charge < -0.3 is 5.32 Å². The smallest absolute Gasteiger partial charge is 0.0577 e. The summed E-state index contributed by atoms with van der Waals surface area (Å²) in [7, 11) is 0. The van der Waals surface area contributed by atoms with Crippen LogP contribution >= 0.6 is 27.5 Å². The van der Waals surface area contributed by atoms with Gasteiger partial charge in [0.25, 0.3) is 0 Å². The normalized spacial score (nSPS) is 12.4. The Morgan fingerprint density at radius 3 is 2.35 bits per heavy atom. The Hall–Kier alpha value is -0.830. The first-order chi connectivity index (χ1) is 9.61. The molecule has 1 unspecified atom stereocenters. The molecule has 0 aliphatic rings. The average Bonchev–Trinajstić information content (AvgIpc) is 2.45. The number of nitrogens with one attached hydrogen (secondary N) is 1. The summed E-state index contributed by atoms with van der Waals surface area (Å²) in [5, 5.41) is 4.35. The van der Waals surface area contributed by atoms with Crippen LogP contribution in [0.2, 0.25) is 5.02 Å². The molecule has 20 heavy (non-hydrogen) atoms. The molecule has 0 aliphatic heterocycles. The van der Waals surface area contributed by atoms with Crippen molar-refractivity contribution in [2.24, 2.45) is 0 Å². The Balaban J connectivity index is 2.35. The minimum Gasteiger partial charge on any atom is -0.306 e. The molecular formula is C17H19BrClN. The maximum atomic E-state index is 6.09. The van der Waals surface area contributed by atoms with Gasteiger partial charge in [0.2, 0.25) is 0 Å². The highest BCUT2D eigenvalue weighted by atomic mass is 79.9. The van der Waals surface area contributed by atoms with E-state index in [0.717, 1.165) is 22.5 Å². The Kier molecular flexibility index (Phi) is 5.64. The van der Waals surface area contributed by atoms with Gasteiger partial charge in [0, 0.05) is 4.47 Å². The molecule has 0 aromatic heterocycles. The minimum absolute atomic E-state index is 0.198. The highest BCUT2D eigenvalue weighted by molar-refractivity contribution is 9.10. The van der Waals surface area contributed by atoms with Gasteiger partial charge >= 0.3 is 0 Å². The zero-order chi connectivity index (χ0) is 14.5. The van der Waals surface area contributed by atoms with Crippen LogP contribution in [0.5, 0.6) is 0 Å². The number of halogens is 2. The molecule has 0 amide bonds. The van der Waals surface area contributed by atoms with Gasteiger partial charge in [-0.15, -0.1) is 0 Å². The lowest BCUT2D eigenvalue weighted by Gasteiger charge is -2.20. The molecule has 3 heteroatoms. The largest absolute Gasteiger partial charge is 0.306 e. The predicted octanol–water partition coefficient (Wildman–Crippen LogP) is 5.50. The van der Waals surface area contributed by atoms with Crippen LogP contribution in [0.4, 0.5) is 0 Å². The van der Waals surface area contributed by atoms with Crippen LogP contribution in [-0.4, -0.2) is 6.54 Å². The van der Waals surface area contributed by atoms with Crippen molar-refractivity contribution < 1.29 is 0 Å². The molecule has 0 bridgehead atoms. The maximum Gasteiger partial charge on any atom is 0.0577 e. The molecule has 0 saturated heterocycles. The van der Waals surface area contributed by atoms with E-state index in [4.69, 9.17) is 11.6 Å².